The summed E-state index contributed by atoms with van der Waals surface area (Å²) in [5.74, 6) is 0.216. The standard InChI is InChI=1S/C20H24N4O5/c1-14-17(5-4-6-18(14)24(27)28)22-19(25)11-12-23(2)13-20(26)21-15-7-9-16(29-3)10-8-15/h4-10H,11-13H2,1-3H3,(H,21,26)(H,22,25). The Balaban J connectivity index is 1.80. The molecule has 0 aliphatic heterocycles. The molecule has 0 aliphatic rings. The number of carbonyl (C=O) groups is 2. The van der Waals surface area contributed by atoms with E-state index in [1.807, 2.05) is 0 Å². The highest BCUT2D eigenvalue weighted by atomic mass is 16.6. The van der Waals surface area contributed by atoms with Crippen molar-refractivity contribution in [3.8, 4) is 5.75 Å². The molecule has 9 heteroatoms. The molecule has 0 fully saturated rings. The van der Waals surface area contributed by atoms with E-state index in [1.54, 1.807) is 56.3 Å². The van der Waals surface area contributed by atoms with E-state index in [0.717, 1.165) is 0 Å². The minimum atomic E-state index is -0.486. The highest BCUT2D eigenvalue weighted by molar-refractivity contribution is 5.93. The van der Waals surface area contributed by atoms with Gasteiger partial charge in [-0.05, 0) is 44.3 Å². The number of likely N-dealkylation sites (N-methyl/N-ethyl adjacent to an activating group) is 1. The number of nitro groups is 1. The van der Waals surface area contributed by atoms with E-state index in [2.05, 4.69) is 10.6 Å². The Kier molecular flexibility index (Phi) is 7.67. The molecule has 0 unspecified atom stereocenters. The molecule has 2 aromatic carbocycles. The first-order chi connectivity index (χ1) is 13.8. The van der Waals surface area contributed by atoms with Crippen molar-refractivity contribution in [3.63, 3.8) is 0 Å². The van der Waals surface area contributed by atoms with Gasteiger partial charge in [-0.1, -0.05) is 6.07 Å². The molecule has 29 heavy (non-hydrogen) atoms. The summed E-state index contributed by atoms with van der Waals surface area (Å²) in [7, 11) is 3.30. The molecule has 0 bridgehead atoms. The first-order valence-corrected chi connectivity index (χ1v) is 8.96. The molecule has 0 spiro atoms. The van der Waals surface area contributed by atoms with Crippen LogP contribution in [0.4, 0.5) is 17.1 Å². The lowest BCUT2D eigenvalue weighted by Gasteiger charge is -2.16. The van der Waals surface area contributed by atoms with Crippen LogP contribution >= 0.6 is 0 Å². The number of rotatable bonds is 9. The molecule has 0 saturated carbocycles. The van der Waals surface area contributed by atoms with Crippen LogP contribution in [0.25, 0.3) is 0 Å². The molecule has 2 rings (SSSR count). The number of anilines is 2. The number of hydrogen-bond donors (Lipinski definition) is 2. The third-order valence-corrected chi connectivity index (χ3v) is 4.28. The zero-order chi connectivity index (χ0) is 21.4. The zero-order valence-corrected chi connectivity index (χ0v) is 16.6. The molecule has 154 valence electrons. The van der Waals surface area contributed by atoms with Crippen molar-refractivity contribution >= 4 is 28.9 Å². The first-order valence-electron chi connectivity index (χ1n) is 8.96. The lowest BCUT2D eigenvalue weighted by molar-refractivity contribution is -0.385. The van der Waals surface area contributed by atoms with Crippen molar-refractivity contribution in [1.82, 2.24) is 4.90 Å². The van der Waals surface area contributed by atoms with Gasteiger partial charge in [0.05, 0.1) is 29.8 Å². The molecular weight excluding hydrogens is 376 g/mol. The summed E-state index contributed by atoms with van der Waals surface area (Å²) in [6, 6.07) is 11.5. The van der Waals surface area contributed by atoms with E-state index in [4.69, 9.17) is 4.74 Å². The average Bonchev–Trinajstić information content (AvgIpc) is 2.68. The fraction of sp³-hybridized carbons (Fsp3) is 0.300. The number of ether oxygens (including phenoxy) is 1. The second-order valence-corrected chi connectivity index (χ2v) is 6.52. The molecule has 2 aromatic rings. The summed E-state index contributed by atoms with van der Waals surface area (Å²) in [5.41, 5.74) is 1.42. The fourth-order valence-electron chi connectivity index (χ4n) is 2.66. The molecule has 2 N–H and O–H groups in total. The third-order valence-electron chi connectivity index (χ3n) is 4.28. The van der Waals surface area contributed by atoms with Crippen LogP contribution in [-0.2, 0) is 9.59 Å². The van der Waals surface area contributed by atoms with Crippen LogP contribution in [0.3, 0.4) is 0 Å². The predicted octanol–water partition coefficient (Wildman–Crippen LogP) is 2.81. The van der Waals surface area contributed by atoms with Gasteiger partial charge in [0, 0.05) is 24.7 Å². The summed E-state index contributed by atoms with van der Waals surface area (Å²) < 4.78 is 5.07. The van der Waals surface area contributed by atoms with E-state index in [1.165, 1.54) is 12.1 Å². The maximum absolute atomic E-state index is 12.2. The number of amides is 2. The van der Waals surface area contributed by atoms with Gasteiger partial charge in [0.25, 0.3) is 5.69 Å². The Morgan fingerprint density at radius 1 is 1.10 bits per heavy atom. The molecule has 0 radical (unpaired) electrons. The second-order valence-electron chi connectivity index (χ2n) is 6.52. The number of carbonyl (C=O) groups excluding carboxylic acids is 2. The van der Waals surface area contributed by atoms with E-state index in [9.17, 15) is 19.7 Å². The van der Waals surface area contributed by atoms with Gasteiger partial charge in [-0.15, -0.1) is 0 Å². The van der Waals surface area contributed by atoms with Crippen molar-refractivity contribution in [2.75, 3.05) is 37.9 Å². The SMILES string of the molecule is COc1ccc(NC(=O)CN(C)CCC(=O)Nc2cccc([N+](=O)[O-])c2C)cc1. The monoisotopic (exact) mass is 400 g/mol. The summed E-state index contributed by atoms with van der Waals surface area (Å²) in [6.45, 7) is 2.06. The highest BCUT2D eigenvalue weighted by Gasteiger charge is 2.15. The van der Waals surface area contributed by atoms with Crippen molar-refractivity contribution in [2.45, 2.75) is 13.3 Å². The fourth-order valence-corrected chi connectivity index (χ4v) is 2.66. The second kappa shape index (κ2) is 10.2. The topological polar surface area (TPSA) is 114 Å². The van der Waals surface area contributed by atoms with Crippen molar-refractivity contribution < 1.29 is 19.2 Å². The zero-order valence-electron chi connectivity index (χ0n) is 16.6. The molecular formula is C20H24N4O5. The Hall–Kier alpha value is -3.46. The van der Waals surface area contributed by atoms with Crippen LogP contribution < -0.4 is 15.4 Å². The maximum atomic E-state index is 12.2. The predicted molar refractivity (Wildman–Crippen MR) is 110 cm³/mol. The van der Waals surface area contributed by atoms with Crippen molar-refractivity contribution in [1.29, 1.82) is 0 Å². The van der Waals surface area contributed by atoms with E-state index < -0.39 is 4.92 Å². The Morgan fingerprint density at radius 2 is 1.79 bits per heavy atom. The lowest BCUT2D eigenvalue weighted by Crippen LogP contribution is -2.32. The molecule has 0 atom stereocenters. The number of methoxy groups -OCH3 is 1. The van der Waals surface area contributed by atoms with Crippen LogP contribution in [0, 0.1) is 17.0 Å². The lowest BCUT2D eigenvalue weighted by atomic mass is 10.1. The van der Waals surface area contributed by atoms with Gasteiger partial charge in [-0.25, -0.2) is 0 Å². The summed E-state index contributed by atoms with van der Waals surface area (Å²) in [4.78, 5) is 36.5. The van der Waals surface area contributed by atoms with Crippen LogP contribution in [0.15, 0.2) is 42.5 Å². The normalized spacial score (nSPS) is 10.5. The molecule has 0 aromatic heterocycles. The Morgan fingerprint density at radius 3 is 2.41 bits per heavy atom. The van der Waals surface area contributed by atoms with Gasteiger partial charge in [0.1, 0.15) is 5.75 Å². The van der Waals surface area contributed by atoms with Gasteiger partial charge in [-0.3, -0.25) is 24.6 Å². The quantitative estimate of drug-likeness (QED) is 0.494. The molecule has 0 heterocycles. The number of benzene rings is 2. The van der Waals surface area contributed by atoms with Crippen LogP contribution in [-0.4, -0.2) is 48.9 Å². The Labute approximate surface area is 168 Å². The van der Waals surface area contributed by atoms with Crippen LogP contribution in [0.5, 0.6) is 5.75 Å². The van der Waals surface area contributed by atoms with Gasteiger partial charge in [0.2, 0.25) is 11.8 Å². The first kappa shape index (κ1) is 21.8. The van der Waals surface area contributed by atoms with Gasteiger partial charge < -0.3 is 15.4 Å². The summed E-state index contributed by atoms with van der Waals surface area (Å²) in [5, 5.41) is 16.4. The number of nitrogens with one attached hydrogen (secondary N) is 2. The average molecular weight is 400 g/mol. The largest absolute Gasteiger partial charge is 0.497 e. The number of hydrogen-bond acceptors (Lipinski definition) is 6. The molecule has 2 amide bonds. The van der Waals surface area contributed by atoms with Gasteiger partial charge in [0.15, 0.2) is 0 Å². The number of nitro benzene ring substituents is 1. The van der Waals surface area contributed by atoms with E-state index in [0.29, 0.717) is 29.2 Å². The van der Waals surface area contributed by atoms with Crippen LogP contribution in [0.2, 0.25) is 0 Å². The van der Waals surface area contributed by atoms with Gasteiger partial charge >= 0.3 is 0 Å². The molecule has 9 nitrogen and oxygen atoms in total. The Bertz CT molecular complexity index is 883. The number of nitrogens with zero attached hydrogens (tertiary/aromatic N) is 2. The summed E-state index contributed by atoms with van der Waals surface area (Å²) in [6.07, 6.45) is 0.147. The van der Waals surface area contributed by atoms with E-state index >= 15 is 0 Å². The van der Waals surface area contributed by atoms with Crippen molar-refractivity contribution in [2.24, 2.45) is 0 Å². The molecule has 0 saturated heterocycles. The van der Waals surface area contributed by atoms with Crippen LogP contribution in [0.1, 0.15) is 12.0 Å². The minimum Gasteiger partial charge on any atom is -0.497 e. The smallest absolute Gasteiger partial charge is 0.274 e. The van der Waals surface area contributed by atoms with Gasteiger partial charge in [-0.2, -0.15) is 0 Å². The van der Waals surface area contributed by atoms with E-state index in [-0.39, 0.29) is 30.5 Å². The minimum absolute atomic E-state index is 0.0462. The summed E-state index contributed by atoms with van der Waals surface area (Å²) >= 11 is 0. The molecule has 0 aliphatic carbocycles. The third kappa shape index (κ3) is 6.58. The maximum Gasteiger partial charge on any atom is 0.274 e. The highest BCUT2D eigenvalue weighted by Crippen LogP contribution is 2.25. The van der Waals surface area contributed by atoms with Crippen molar-refractivity contribution in [3.05, 3.63) is 58.1 Å².